The molecule has 1 aromatic heterocycles. The minimum atomic E-state index is 0.00410. The minimum Gasteiger partial charge on any atom is -0.390 e. The van der Waals surface area contributed by atoms with Crippen LogP contribution in [0.1, 0.15) is 38.3 Å². The van der Waals surface area contributed by atoms with Crippen molar-refractivity contribution in [3.63, 3.8) is 0 Å². The number of aliphatic hydroxyl groups excluding tert-OH is 1. The van der Waals surface area contributed by atoms with Crippen molar-refractivity contribution in [3.05, 3.63) is 36.0 Å². The largest absolute Gasteiger partial charge is 0.390 e. The highest BCUT2D eigenvalue weighted by molar-refractivity contribution is 5.92. The third-order valence-corrected chi connectivity index (χ3v) is 4.56. The van der Waals surface area contributed by atoms with Crippen LogP contribution >= 0.6 is 0 Å². The van der Waals surface area contributed by atoms with Gasteiger partial charge in [0, 0.05) is 24.2 Å². The molecule has 3 heteroatoms. The third-order valence-electron chi connectivity index (χ3n) is 4.56. The lowest BCUT2D eigenvalue weighted by atomic mass is 9.92. The highest BCUT2D eigenvalue weighted by Gasteiger charge is 2.20. The quantitative estimate of drug-likeness (QED) is 0.929. The van der Waals surface area contributed by atoms with Gasteiger partial charge >= 0.3 is 0 Å². The molecule has 21 heavy (non-hydrogen) atoms. The zero-order valence-electron chi connectivity index (χ0n) is 12.8. The van der Waals surface area contributed by atoms with Gasteiger partial charge in [0.15, 0.2) is 0 Å². The van der Waals surface area contributed by atoms with Crippen molar-refractivity contribution in [3.8, 4) is 0 Å². The van der Waals surface area contributed by atoms with Crippen LogP contribution in [0.2, 0.25) is 0 Å². The minimum absolute atomic E-state index is 0.00410. The Kier molecular flexibility index (Phi) is 4.39. The number of aromatic nitrogens is 1. The molecule has 0 atom stereocenters. The molecule has 2 aromatic rings. The van der Waals surface area contributed by atoms with Crippen molar-refractivity contribution < 1.29 is 5.11 Å². The fourth-order valence-electron chi connectivity index (χ4n) is 3.42. The molecule has 0 bridgehead atoms. The molecule has 0 aliphatic carbocycles. The molecule has 1 aromatic carbocycles. The van der Waals surface area contributed by atoms with Crippen molar-refractivity contribution in [1.29, 1.82) is 0 Å². The second kappa shape index (κ2) is 6.44. The summed E-state index contributed by atoms with van der Waals surface area (Å²) < 4.78 is 0. The van der Waals surface area contributed by atoms with E-state index in [0.29, 0.717) is 0 Å². The normalized spacial score (nSPS) is 16.6. The number of pyridine rings is 1. The van der Waals surface area contributed by atoms with Crippen LogP contribution in [0, 0.1) is 5.92 Å². The molecule has 1 saturated heterocycles. The molecule has 2 heterocycles. The summed E-state index contributed by atoms with van der Waals surface area (Å²) in [6, 6.07) is 10.3. The first-order valence-electron chi connectivity index (χ1n) is 8.06. The topological polar surface area (TPSA) is 36.4 Å². The Morgan fingerprint density at radius 3 is 2.71 bits per heavy atom. The Morgan fingerprint density at radius 1 is 1.24 bits per heavy atom. The van der Waals surface area contributed by atoms with Gasteiger partial charge < -0.3 is 10.0 Å². The Labute approximate surface area is 126 Å². The van der Waals surface area contributed by atoms with E-state index in [0.717, 1.165) is 30.2 Å². The molecule has 0 unspecified atom stereocenters. The maximum atomic E-state index is 9.45. The lowest BCUT2D eigenvalue weighted by molar-refractivity contribution is 0.277. The van der Waals surface area contributed by atoms with Crippen LogP contribution in [0.25, 0.3) is 10.9 Å². The molecular weight excluding hydrogens is 260 g/mol. The van der Waals surface area contributed by atoms with Crippen LogP contribution in [0.3, 0.4) is 0 Å². The number of hydrogen-bond donors (Lipinski definition) is 1. The molecule has 0 saturated carbocycles. The van der Waals surface area contributed by atoms with Crippen molar-refractivity contribution in [2.24, 2.45) is 5.92 Å². The first-order valence-corrected chi connectivity index (χ1v) is 8.06. The second-order valence-electron chi connectivity index (χ2n) is 6.03. The highest BCUT2D eigenvalue weighted by Crippen LogP contribution is 2.31. The number of fused-ring (bicyclic) bond motifs is 1. The number of hydrogen-bond acceptors (Lipinski definition) is 3. The average Bonchev–Trinajstić information content (AvgIpc) is 2.55. The number of nitrogens with zero attached hydrogens (tertiary/aromatic N) is 2. The molecule has 3 rings (SSSR count). The number of anilines is 1. The third kappa shape index (κ3) is 3.03. The van der Waals surface area contributed by atoms with E-state index in [4.69, 9.17) is 0 Å². The van der Waals surface area contributed by atoms with Gasteiger partial charge in [0.1, 0.15) is 0 Å². The number of piperidine rings is 1. The van der Waals surface area contributed by atoms with Crippen LogP contribution in [0.15, 0.2) is 30.3 Å². The van der Waals surface area contributed by atoms with E-state index in [1.165, 1.54) is 36.8 Å². The number of rotatable bonds is 4. The summed E-state index contributed by atoms with van der Waals surface area (Å²) in [5.41, 5.74) is 2.98. The van der Waals surface area contributed by atoms with Crippen LogP contribution < -0.4 is 4.90 Å². The Bertz CT molecular complexity index is 603. The Hall–Kier alpha value is -1.61. The van der Waals surface area contributed by atoms with E-state index in [2.05, 4.69) is 35.0 Å². The van der Waals surface area contributed by atoms with E-state index < -0.39 is 0 Å². The fraction of sp³-hybridized carbons (Fsp3) is 0.500. The van der Waals surface area contributed by atoms with Crippen LogP contribution in [0.4, 0.5) is 5.69 Å². The maximum absolute atomic E-state index is 9.45. The van der Waals surface area contributed by atoms with Gasteiger partial charge in [-0.2, -0.15) is 0 Å². The summed E-state index contributed by atoms with van der Waals surface area (Å²) in [4.78, 5) is 6.98. The van der Waals surface area contributed by atoms with Gasteiger partial charge in [0.25, 0.3) is 0 Å². The van der Waals surface area contributed by atoms with E-state index in [-0.39, 0.29) is 6.61 Å². The molecule has 1 aliphatic rings. The van der Waals surface area contributed by atoms with Gasteiger partial charge in [0.05, 0.1) is 17.8 Å². The fourth-order valence-corrected chi connectivity index (χ4v) is 3.42. The monoisotopic (exact) mass is 284 g/mol. The van der Waals surface area contributed by atoms with E-state index >= 15 is 0 Å². The van der Waals surface area contributed by atoms with Crippen molar-refractivity contribution >= 4 is 16.6 Å². The van der Waals surface area contributed by atoms with Gasteiger partial charge in [-0.05, 0) is 30.9 Å². The summed E-state index contributed by atoms with van der Waals surface area (Å²) in [5.74, 6) is 0.886. The van der Waals surface area contributed by atoms with Crippen LogP contribution in [0.5, 0.6) is 0 Å². The maximum Gasteiger partial charge on any atom is 0.0854 e. The number of aliphatic hydroxyl groups is 1. The number of benzene rings is 1. The zero-order valence-corrected chi connectivity index (χ0v) is 12.8. The van der Waals surface area contributed by atoms with Gasteiger partial charge in [0.2, 0.25) is 0 Å². The molecule has 0 spiro atoms. The molecular formula is C18H24N2O. The average molecular weight is 284 g/mol. The lowest BCUT2D eigenvalue weighted by Crippen LogP contribution is -2.33. The summed E-state index contributed by atoms with van der Waals surface area (Å²) in [7, 11) is 0. The van der Waals surface area contributed by atoms with E-state index in [1.807, 2.05) is 12.1 Å². The summed E-state index contributed by atoms with van der Waals surface area (Å²) in [5, 5.41) is 10.6. The van der Waals surface area contributed by atoms with Gasteiger partial charge in [-0.3, -0.25) is 4.98 Å². The molecule has 1 N–H and O–H groups in total. The Balaban J connectivity index is 1.89. The Morgan fingerprint density at radius 2 is 2.00 bits per heavy atom. The predicted molar refractivity (Wildman–Crippen MR) is 87.5 cm³/mol. The van der Waals surface area contributed by atoms with E-state index in [1.54, 1.807) is 0 Å². The zero-order chi connectivity index (χ0) is 14.7. The predicted octanol–water partition coefficient (Wildman–Crippen LogP) is 3.74. The van der Waals surface area contributed by atoms with Crippen LogP contribution in [-0.2, 0) is 6.61 Å². The van der Waals surface area contributed by atoms with Crippen molar-refractivity contribution in [1.82, 2.24) is 4.98 Å². The highest BCUT2D eigenvalue weighted by atomic mass is 16.3. The van der Waals surface area contributed by atoms with Gasteiger partial charge in [-0.1, -0.05) is 38.0 Å². The number of para-hydroxylation sites is 1. The van der Waals surface area contributed by atoms with Crippen molar-refractivity contribution in [2.45, 2.75) is 39.2 Å². The smallest absolute Gasteiger partial charge is 0.0854 e. The summed E-state index contributed by atoms with van der Waals surface area (Å²) in [6.45, 7) is 4.51. The molecule has 0 amide bonds. The second-order valence-corrected chi connectivity index (χ2v) is 6.03. The molecule has 1 fully saturated rings. The standard InChI is InChI=1S/C18H24N2O/c1-2-5-14-8-10-20(11-9-14)18-12-15(13-21)19-17-7-4-3-6-16(17)18/h3-4,6-7,12,14,21H,2,5,8-11,13H2,1H3. The lowest BCUT2D eigenvalue weighted by Gasteiger charge is -2.34. The molecule has 3 nitrogen and oxygen atoms in total. The first-order chi connectivity index (χ1) is 10.3. The molecule has 112 valence electrons. The van der Waals surface area contributed by atoms with E-state index in [9.17, 15) is 5.11 Å². The summed E-state index contributed by atoms with van der Waals surface area (Å²) in [6.07, 6.45) is 5.20. The van der Waals surface area contributed by atoms with Crippen molar-refractivity contribution in [2.75, 3.05) is 18.0 Å². The SMILES string of the molecule is CCCC1CCN(c2cc(CO)nc3ccccc23)CC1. The molecule has 0 radical (unpaired) electrons. The van der Waals surface area contributed by atoms with Gasteiger partial charge in [-0.25, -0.2) is 0 Å². The van der Waals surface area contributed by atoms with Crippen LogP contribution in [-0.4, -0.2) is 23.2 Å². The first kappa shape index (κ1) is 14.3. The summed E-state index contributed by atoms with van der Waals surface area (Å²) >= 11 is 0. The van der Waals surface area contributed by atoms with Gasteiger partial charge in [-0.15, -0.1) is 0 Å². The molecule has 1 aliphatic heterocycles.